The van der Waals surface area contributed by atoms with Crippen LogP contribution in [0.25, 0.3) is 0 Å². The second kappa shape index (κ2) is 6.72. The van der Waals surface area contributed by atoms with Crippen LogP contribution in [-0.2, 0) is 9.59 Å². The van der Waals surface area contributed by atoms with E-state index in [-0.39, 0.29) is 24.3 Å². The second-order valence-corrected chi connectivity index (χ2v) is 5.65. The van der Waals surface area contributed by atoms with Gasteiger partial charge in [0.25, 0.3) is 0 Å². The fraction of sp³-hybridized carbons (Fsp3) is 0.500. The quantitative estimate of drug-likeness (QED) is 0.874. The van der Waals surface area contributed by atoms with Crippen molar-refractivity contribution in [3.8, 4) is 0 Å². The molecule has 1 aliphatic heterocycles. The van der Waals surface area contributed by atoms with Crippen LogP contribution in [0.5, 0.6) is 0 Å². The van der Waals surface area contributed by atoms with Crippen LogP contribution in [0.4, 0.5) is 0 Å². The molecule has 2 amide bonds. The molecule has 2 atom stereocenters. The zero-order valence-electron chi connectivity index (χ0n) is 12.5. The maximum atomic E-state index is 12.3. The van der Waals surface area contributed by atoms with Crippen LogP contribution >= 0.6 is 0 Å². The van der Waals surface area contributed by atoms with Gasteiger partial charge in [0.1, 0.15) is 0 Å². The molecule has 1 unspecified atom stereocenters. The molecule has 1 saturated heterocycles. The summed E-state index contributed by atoms with van der Waals surface area (Å²) in [7, 11) is 0. The standard InChI is InChI=1S/C16H22N2O3/c1-11-3-5-13(6-4-11)15(17-12(2)19)9-16(21)18-8-7-14(20)10-18/h3-6,14-15,20H,7-10H2,1-2H3,(H,17,19)/t14-,15?/m1/s1. The van der Waals surface area contributed by atoms with E-state index in [1.807, 2.05) is 31.2 Å². The number of benzene rings is 1. The molecule has 0 spiro atoms. The van der Waals surface area contributed by atoms with Crippen molar-refractivity contribution in [3.05, 3.63) is 35.4 Å². The minimum absolute atomic E-state index is 0.0362. The lowest BCUT2D eigenvalue weighted by molar-refractivity contribution is -0.131. The summed E-state index contributed by atoms with van der Waals surface area (Å²) in [5.74, 6) is -0.194. The molecule has 0 saturated carbocycles. The highest BCUT2D eigenvalue weighted by molar-refractivity contribution is 5.79. The topological polar surface area (TPSA) is 69.6 Å². The van der Waals surface area contributed by atoms with E-state index in [9.17, 15) is 14.7 Å². The summed E-state index contributed by atoms with van der Waals surface area (Å²) >= 11 is 0. The van der Waals surface area contributed by atoms with Crippen molar-refractivity contribution in [1.82, 2.24) is 10.2 Å². The number of carbonyl (C=O) groups excluding carboxylic acids is 2. The molecule has 0 radical (unpaired) electrons. The number of hydrogen-bond donors (Lipinski definition) is 2. The number of aryl methyl sites for hydroxylation is 1. The first-order valence-electron chi connectivity index (χ1n) is 7.25. The van der Waals surface area contributed by atoms with Gasteiger partial charge in [0.05, 0.1) is 18.6 Å². The van der Waals surface area contributed by atoms with Gasteiger partial charge in [-0.3, -0.25) is 9.59 Å². The Labute approximate surface area is 125 Å². The van der Waals surface area contributed by atoms with Gasteiger partial charge in [-0.05, 0) is 18.9 Å². The Kier molecular flexibility index (Phi) is 4.96. The Morgan fingerprint density at radius 1 is 1.38 bits per heavy atom. The lowest BCUT2D eigenvalue weighted by Crippen LogP contribution is -2.35. The van der Waals surface area contributed by atoms with Crippen molar-refractivity contribution in [1.29, 1.82) is 0 Å². The number of aliphatic hydroxyl groups is 1. The second-order valence-electron chi connectivity index (χ2n) is 5.65. The van der Waals surface area contributed by atoms with Gasteiger partial charge in [0.15, 0.2) is 0 Å². The van der Waals surface area contributed by atoms with Gasteiger partial charge in [0.2, 0.25) is 11.8 Å². The van der Waals surface area contributed by atoms with E-state index in [2.05, 4.69) is 5.32 Å². The van der Waals surface area contributed by atoms with Crippen molar-refractivity contribution in [2.45, 2.75) is 38.8 Å². The third-order valence-electron chi connectivity index (χ3n) is 3.75. The SMILES string of the molecule is CC(=O)NC(CC(=O)N1CC[C@@H](O)C1)c1ccc(C)cc1. The van der Waals surface area contributed by atoms with Crippen LogP contribution in [0.1, 0.15) is 36.9 Å². The van der Waals surface area contributed by atoms with Crippen LogP contribution in [0, 0.1) is 6.92 Å². The van der Waals surface area contributed by atoms with Gasteiger partial charge in [-0.1, -0.05) is 29.8 Å². The molecule has 0 aromatic heterocycles. The van der Waals surface area contributed by atoms with Crippen molar-refractivity contribution >= 4 is 11.8 Å². The van der Waals surface area contributed by atoms with Crippen molar-refractivity contribution < 1.29 is 14.7 Å². The monoisotopic (exact) mass is 290 g/mol. The van der Waals surface area contributed by atoms with Crippen LogP contribution in [-0.4, -0.2) is 41.0 Å². The average Bonchev–Trinajstić information content (AvgIpc) is 2.85. The van der Waals surface area contributed by atoms with Gasteiger partial charge in [-0.15, -0.1) is 0 Å². The molecule has 1 aliphatic rings. The van der Waals surface area contributed by atoms with E-state index in [0.717, 1.165) is 11.1 Å². The normalized spacial score (nSPS) is 19.4. The molecule has 2 N–H and O–H groups in total. The van der Waals surface area contributed by atoms with Gasteiger partial charge in [0, 0.05) is 20.0 Å². The van der Waals surface area contributed by atoms with E-state index in [4.69, 9.17) is 0 Å². The van der Waals surface area contributed by atoms with E-state index in [1.54, 1.807) is 4.90 Å². The number of β-amino-alcohol motifs (C(OH)–C–C–N with tert-alkyl or cyclic N) is 1. The summed E-state index contributed by atoms with van der Waals surface area (Å²) < 4.78 is 0. The predicted octanol–water partition coefficient (Wildman–Crippen LogP) is 1.16. The molecular formula is C16H22N2O3. The molecule has 1 heterocycles. The zero-order chi connectivity index (χ0) is 15.4. The van der Waals surface area contributed by atoms with Gasteiger partial charge < -0.3 is 15.3 Å². The summed E-state index contributed by atoms with van der Waals surface area (Å²) in [5.41, 5.74) is 2.05. The van der Waals surface area contributed by atoms with Crippen LogP contribution in [0.15, 0.2) is 24.3 Å². The first kappa shape index (κ1) is 15.5. The molecule has 0 aliphatic carbocycles. The summed E-state index contributed by atoms with van der Waals surface area (Å²) in [6.07, 6.45) is 0.420. The Balaban J connectivity index is 2.07. The van der Waals surface area contributed by atoms with Crippen molar-refractivity contribution in [2.24, 2.45) is 0 Å². The van der Waals surface area contributed by atoms with Gasteiger partial charge in [-0.2, -0.15) is 0 Å². The zero-order valence-corrected chi connectivity index (χ0v) is 12.5. The molecular weight excluding hydrogens is 268 g/mol. The smallest absolute Gasteiger partial charge is 0.225 e. The largest absolute Gasteiger partial charge is 0.391 e. The van der Waals surface area contributed by atoms with E-state index >= 15 is 0 Å². The molecule has 114 valence electrons. The number of aliphatic hydroxyl groups excluding tert-OH is 1. The summed E-state index contributed by atoms with van der Waals surface area (Å²) in [5, 5.41) is 12.3. The first-order chi connectivity index (χ1) is 9.95. The molecule has 1 fully saturated rings. The minimum Gasteiger partial charge on any atom is -0.391 e. The number of amides is 2. The Morgan fingerprint density at radius 3 is 2.57 bits per heavy atom. The maximum Gasteiger partial charge on any atom is 0.225 e. The highest BCUT2D eigenvalue weighted by atomic mass is 16.3. The van der Waals surface area contributed by atoms with E-state index in [0.29, 0.717) is 19.5 Å². The molecule has 5 heteroatoms. The lowest BCUT2D eigenvalue weighted by atomic mass is 10.0. The van der Waals surface area contributed by atoms with Crippen molar-refractivity contribution in [3.63, 3.8) is 0 Å². The van der Waals surface area contributed by atoms with Crippen LogP contribution in [0.2, 0.25) is 0 Å². The van der Waals surface area contributed by atoms with E-state index < -0.39 is 6.10 Å². The third kappa shape index (κ3) is 4.29. The number of carbonyl (C=O) groups is 2. The Morgan fingerprint density at radius 2 is 2.05 bits per heavy atom. The molecule has 1 aromatic rings. The third-order valence-corrected chi connectivity index (χ3v) is 3.75. The van der Waals surface area contributed by atoms with Gasteiger partial charge >= 0.3 is 0 Å². The first-order valence-corrected chi connectivity index (χ1v) is 7.25. The molecule has 21 heavy (non-hydrogen) atoms. The van der Waals surface area contributed by atoms with Gasteiger partial charge in [-0.25, -0.2) is 0 Å². The highest BCUT2D eigenvalue weighted by Crippen LogP contribution is 2.20. The summed E-state index contributed by atoms with van der Waals surface area (Å²) in [4.78, 5) is 25.3. The van der Waals surface area contributed by atoms with Crippen molar-refractivity contribution in [2.75, 3.05) is 13.1 Å². The molecule has 1 aromatic carbocycles. The fourth-order valence-electron chi connectivity index (χ4n) is 2.57. The van der Waals surface area contributed by atoms with Crippen LogP contribution < -0.4 is 5.32 Å². The number of hydrogen-bond acceptors (Lipinski definition) is 3. The molecule has 5 nitrogen and oxygen atoms in total. The number of nitrogens with one attached hydrogen (secondary N) is 1. The lowest BCUT2D eigenvalue weighted by Gasteiger charge is -2.22. The summed E-state index contributed by atoms with van der Waals surface area (Å²) in [6.45, 7) is 4.42. The fourth-order valence-corrected chi connectivity index (χ4v) is 2.57. The predicted molar refractivity (Wildman–Crippen MR) is 79.6 cm³/mol. The molecule has 2 rings (SSSR count). The highest BCUT2D eigenvalue weighted by Gasteiger charge is 2.27. The molecule has 0 bridgehead atoms. The summed E-state index contributed by atoms with van der Waals surface area (Å²) in [6, 6.07) is 7.47. The average molecular weight is 290 g/mol. The Hall–Kier alpha value is -1.88. The Bertz CT molecular complexity index is 513. The van der Waals surface area contributed by atoms with E-state index in [1.165, 1.54) is 6.92 Å². The maximum absolute atomic E-state index is 12.3. The number of nitrogens with zero attached hydrogens (tertiary/aromatic N) is 1. The minimum atomic E-state index is -0.424. The number of rotatable bonds is 4. The number of likely N-dealkylation sites (tertiary alicyclic amines) is 1. The van der Waals surface area contributed by atoms with Crippen LogP contribution in [0.3, 0.4) is 0 Å².